The maximum atomic E-state index is 13.1. The van der Waals surface area contributed by atoms with Crippen molar-refractivity contribution in [3.8, 4) is 0 Å². The lowest BCUT2D eigenvalue weighted by Gasteiger charge is -2.34. The Labute approximate surface area is 177 Å². The molecule has 1 aromatic heterocycles. The first-order valence-corrected chi connectivity index (χ1v) is 11.4. The summed E-state index contributed by atoms with van der Waals surface area (Å²) in [6, 6.07) is 14.9. The molecule has 0 saturated carbocycles. The lowest BCUT2D eigenvalue weighted by Crippen LogP contribution is -2.50. The number of benzene rings is 2. The molecule has 0 bridgehead atoms. The van der Waals surface area contributed by atoms with Gasteiger partial charge in [-0.25, -0.2) is 8.42 Å². The number of nitrogens with zero attached hydrogens (tertiary/aromatic N) is 3. The summed E-state index contributed by atoms with van der Waals surface area (Å²) >= 11 is 0. The number of hydrogen-bond donors (Lipinski definition) is 0. The summed E-state index contributed by atoms with van der Waals surface area (Å²) in [4.78, 5) is 19.7. The summed E-state index contributed by atoms with van der Waals surface area (Å²) in [5.41, 5.74) is 3.88. The Kier molecular flexibility index (Phi) is 5.34. The first-order valence-electron chi connectivity index (χ1n) is 10.0. The molecular formula is C23H25N3O3S. The Bertz CT molecular complexity index is 1230. The second-order valence-electron chi connectivity index (χ2n) is 7.78. The smallest absolute Gasteiger partial charge is 0.255 e. The zero-order valence-electron chi connectivity index (χ0n) is 17.4. The van der Waals surface area contributed by atoms with Crippen LogP contribution in [0.25, 0.3) is 10.9 Å². The molecule has 6 nitrogen and oxygen atoms in total. The minimum Gasteiger partial charge on any atom is -0.336 e. The van der Waals surface area contributed by atoms with Crippen molar-refractivity contribution in [3.05, 3.63) is 70.9 Å². The van der Waals surface area contributed by atoms with Gasteiger partial charge in [0.15, 0.2) is 0 Å². The number of fused-ring (bicyclic) bond motifs is 1. The van der Waals surface area contributed by atoms with E-state index in [0.717, 1.165) is 22.0 Å². The molecule has 0 unspecified atom stereocenters. The Balaban J connectivity index is 1.52. The number of aryl methyl sites for hydroxylation is 3. The van der Waals surface area contributed by atoms with Crippen LogP contribution < -0.4 is 0 Å². The number of aromatic nitrogens is 1. The Morgan fingerprint density at radius 3 is 2.33 bits per heavy atom. The Hall–Kier alpha value is -2.77. The van der Waals surface area contributed by atoms with E-state index in [9.17, 15) is 13.2 Å². The van der Waals surface area contributed by atoms with Gasteiger partial charge in [-0.2, -0.15) is 4.31 Å². The van der Waals surface area contributed by atoms with Crippen molar-refractivity contribution in [2.24, 2.45) is 0 Å². The van der Waals surface area contributed by atoms with E-state index in [1.165, 1.54) is 4.31 Å². The molecule has 3 aromatic rings. The van der Waals surface area contributed by atoms with Gasteiger partial charge in [-0.05, 0) is 44.5 Å². The number of sulfonamides is 1. The van der Waals surface area contributed by atoms with Crippen molar-refractivity contribution in [1.82, 2.24) is 14.2 Å². The van der Waals surface area contributed by atoms with E-state index in [4.69, 9.17) is 0 Å². The average molecular weight is 424 g/mol. The number of carbonyl (C=O) groups is 1. The molecule has 30 heavy (non-hydrogen) atoms. The van der Waals surface area contributed by atoms with Crippen LogP contribution in [0.15, 0.2) is 53.4 Å². The third-order valence-electron chi connectivity index (χ3n) is 5.62. The molecule has 2 aromatic carbocycles. The molecule has 156 valence electrons. The Morgan fingerprint density at radius 1 is 0.933 bits per heavy atom. The predicted molar refractivity (Wildman–Crippen MR) is 117 cm³/mol. The van der Waals surface area contributed by atoms with Gasteiger partial charge >= 0.3 is 0 Å². The number of rotatable bonds is 3. The molecule has 1 saturated heterocycles. The predicted octanol–water partition coefficient (Wildman–Crippen LogP) is 3.31. The molecule has 4 rings (SSSR count). The van der Waals surface area contributed by atoms with Crippen molar-refractivity contribution in [2.75, 3.05) is 26.2 Å². The number of amides is 1. The van der Waals surface area contributed by atoms with E-state index in [1.807, 2.05) is 63.2 Å². The lowest BCUT2D eigenvalue weighted by atomic mass is 10.1. The van der Waals surface area contributed by atoms with Crippen molar-refractivity contribution < 1.29 is 13.2 Å². The van der Waals surface area contributed by atoms with Gasteiger partial charge in [0.2, 0.25) is 10.0 Å². The minimum atomic E-state index is -3.58. The van der Waals surface area contributed by atoms with E-state index >= 15 is 0 Å². The van der Waals surface area contributed by atoms with Gasteiger partial charge in [-0.15, -0.1) is 0 Å². The van der Waals surface area contributed by atoms with Crippen LogP contribution in [0.5, 0.6) is 0 Å². The third-order valence-corrected chi connectivity index (χ3v) is 7.68. The number of piperazine rings is 1. The van der Waals surface area contributed by atoms with Gasteiger partial charge in [-0.1, -0.05) is 35.9 Å². The van der Waals surface area contributed by atoms with Gasteiger partial charge < -0.3 is 4.90 Å². The quantitative estimate of drug-likeness (QED) is 0.648. The van der Waals surface area contributed by atoms with Gasteiger partial charge in [0.25, 0.3) is 5.91 Å². The van der Waals surface area contributed by atoms with Gasteiger partial charge in [0.05, 0.1) is 21.7 Å². The average Bonchev–Trinajstić information content (AvgIpc) is 2.72. The molecule has 0 radical (unpaired) electrons. The highest BCUT2D eigenvalue weighted by Gasteiger charge is 2.31. The van der Waals surface area contributed by atoms with Crippen LogP contribution in [0.3, 0.4) is 0 Å². The van der Waals surface area contributed by atoms with E-state index in [0.29, 0.717) is 29.2 Å². The number of hydrogen-bond acceptors (Lipinski definition) is 4. The zero-order chi connectivity index (χ0) is 21.5. The van der Waals surface area contributed by atoms with Crippen LogP contribution in [0, 0.1) is 20.8 Å². The fourth-order valence-corrected chi connectivity index (χ4v) is 5.59. The maximum Gasteiger partial charge on any atom is 0.255 e. The first-order chi connectivity index (χ1) is 14.3. The fourth-order valence-electron chi connectivity index (χ4n) is 3.96. The molecule has 1 aliphatic rings. The lowest BCUT2D eigenvalue weighted by molar-refractivity contribution is 0.0697. The summed E-state index contributed by atoms with van der Waals surface area (Å²) in [6.45, 7) is 6.86. The third kappa shape index (κ3) is 3.70. The van der Waals surface area contributed by atoms with Crippen molar-refractivity contribution in [3.63, 3.8) is 0 Å². The highest BCUT2D eigenvalue weighted by molar-refractivity contribution is 7.89. The standard InChI is InChI=1S/C23H25N3O3S/c1-16-8-9-22(17(2)14-16)30(28,29)26-12-10-25(11-13-26)23(27)20-15-19-6-4-5-7-21(19)24-18(20)3/h4-9,14-15H,10-13H2,1-3H3. The van der Waals surface area contributed by atoms with Crippen LogP contribution in [0.1, 0.15) is 27.2 Å². The van der Waals surface area contributed by atoms with Crippen LogP contribution in [-0.2, 0) is 10.0 Å². The second kappa shape index (κ2) is 7.81. The largest absolute Gasteiger partial charge is 0.336 e. The summed E-state index contributed by atoms with van der Waals surface area (Å²) in [5, 5.41) is 0.919. The molecule has 0 aliphatic carbocycles. The van der Waals surface area contributed by atoms with Crippen LogP contribution >= 0.6 is 0 Å². The molecule has 0 spiro atoms. The highest BCUT2D eigenvalue weighted by Crippen LogP contribution is 2.23. The number of para-hydroxylation sites is 1. The summed E-state index contributed by atoms with van der Waals surface area (Å²) in [7, 11) is -3.58. The molecule has 1 aliphatic heterocycles. The van der Waals surface area contributed by atoms with E-state index in [-0.39, 0.29) is 19.0 Å². The Morgan fingerprint density at radius 2 is 1.63 bits per heavy atom. The SMILES string of the molecule is Cc1ccc(S(=O)(=O)N2CCN(C(=O)c3cc4ccccc4nc3C)CC2)c(C)c1. The normalized spacial score (nSPS) is 15.5. The van der Waals surface area contributed by atoms with E-state index in [2.05, 4.69) is 4.98 Å². The molecule has 0 atom stereocenters. The summed E-state index contributed by atoms with van der Waals surface area (Å²) in [6.07, 6.45) is 0. The van der Waals surface area contributed by atoms with Gasteiger partial charge in [-0.3, -0.25) is 9.78 Å². The number of carbonyl (C=O) groups excluding carboxylic acids is 1. The van der Waals surface area contributed by atoms with Gasteiger partial charge in [0, 0.05) is 31.6 Å². The second-order valence-corrected chi connectivity index (χ2v) is 9.69. The van der Waals surface area contributed by atoms with Gasteiger partial charge in [0.1, 0.15) is 0 Å². The fraction of sp³-hybridized carbons (Fsp3) is 0.304. The van der Waals surface area contributed by atoms with Crippen molar-refractivity contribution in [1.29, 1.82) is 0 Å². The molecule has 2 heterocycles. The zero-order valence-corrected chi connectivity index (χ0v) is 18.2. The van der Waals surface area contributed by atoms with Crippen LogP contribution in [0.4, 0.5) is 0 Å². The highest BCUT2D eigenvalue weighted by atomic mass is 32.2. The van der Waals surface area contributed by atoms with Crippen LogP contribution in [0.2, 0.25) is 0 Å². The first kappa shape index (κ1) is 20.5. The summed E-state index contributed by atoms with van der Waals surface area (Å²) < 4.78 is 27.6. The molecule has 7 heteroatoms. The molecule has 0 N–H and O–H groups in total. The van der Waals surface area contributed by atoms with Crippen molar-refractivity contribution >= 4 is 26.8 Å². The monoisotopic (exact) mass is 423 g/mol. The molecule has 1 fully saturated rings. The van der Waals surface area contributed by atoms with E-state index in [1.54, 1.807) is 11.0 Å². The van der Waals surface area contributed by atoms with Crippen molar-refractivity contribution in [2.45, 2.75) is 25.7 Å². The molecule has 1 amide bonds. The maximum absolute atomic E-state index is 13.1. The summed E-state index contributed by atoms with van der Waals surface area (Å²) in [5.74, 6) is -0.102. The minimum absolute atomic E-state index is 0.102. The molecular weight excluding hydrogens is 398 g/mol. The van der Waals surface area contributed by atoms with Crippen LogP contribution in [-0.4, -0.2) is 54.7 Å². The van der Waals surface area contributed by atoms with E-state index < -0.39 is 10.0 Å². The topological polar surface area (TPSA) is 70.6 Å². The number of pyridine rings is 1.